The highest BCUT2D eigenvalue weighted by Crippen LogP contribution is 2.14. The van der Waals surface area contributed by atoms with E-state index in [4.69, 9.17) is 5.11 Å². The molecule has 0 rings (SSSR count). The predicted octanol–water partition coefficient (Wildman–Crippen LogP) is 2.86. The molecule has 28 heavy (non-hydrogen) atoms. The van der Waals surface area contributed by atoms with E-state index in [2.05, 4.69) is 6.92 Å². The predicted molar refractivity (Wildman–Crippen MR) is 111 cm³/mol. The summed E-state index contributed by atoms with van der Waals surface area (Å²) in [6.45, 7) is 1.49. The van der Waals surface area contributed by atoms with E-state index in [0.29, 0.717) is 6.42 Å². The van der Waals surface area contributed by atoms with Crippen molar-refractivity contribution in [3.05, 3.63) is 0 Å². The topological polar surface area (TPSA) is 118 Å². The van der Waals surface area contributed by atoms with E-state index >= 15 is 0 Å². The van der Waals surface area contributed by atoms with Gasteiger partial charge in [-0.25, -0.2) is 0 Å². The largest absolute Gasteiger partial charge is 0.394 e. The molecule has 5 N–H and O–H groups in total. The molecule has 4 atom stereocenters. The van der Waals surface area contributed by atoms with E-state index in [0.717, 1.165) is 19.3 Å². The number of carbonyl (C=O) groups is 1. The second kappa shape index (κ2) is 18.5. The normalized spacial score (nSPS) is 15.9. The molecule has 168 valence electrons. The van der Waals surface area contributed by atoms with Crippen LogP contribution in [-0.2, 0) is 4.79 Å². The zero-order valence-electron chi connectivity index (χ0n) is 17.8. The maximum Gasteiger partial charge on any atom is 0.164 e. The summed E-state index contributed by atoms with van der Waals surface area (Å²) in [6, 6.07) is 0. The fraction of sp³-hybridized carbons (Fsp3) is 0.955. The number of aliphatic hydroxyl groups is 5. The van der Waals surface area contributed by atoms with E-state index in [-0.39, 0.29) is 6.42 Å². The molecule has 6 heteroatoms. The number of Topliss-reactive ketones (excluding diaryl/α,β-unsaturated/α-hetero) is 1. The number of rotatable bonds is 20. The van der Waals surface area contributed by atoms with Gasteiger partial charge in [0.25, 0.3) is 0 Å². The lowest BCUT2D eigenvalue weighted by Gasteiger charge is -2.24. The number of unbranched alkanes of at least 4 members (excludes halogenated alkanes) is 13. The summed E-state index contributed by atoms with van der Waals surface area (Å²) in [5.41, 5.74) is 0. The summed E-state index contributed by atoms with van der Waals surface area (Å²) in [7, 11) is 0. The second-order valence-electron chi connectivity index (χ2n) is 7.99. The Hall–Kier alpha value is -0.530. The molecule has 0 aliphatic heterocycles. The average molecular weight is 405 g/mol. The lowest BCUT2D eigenvalue weighted by Crippen LogP contribution is -2.48. The van der Waals surface area contributed by atoms with Gasteiger partial charge in [-0.3, -0.25) is 4.79 Å². The summed E-state index contributed by atoms with van der Waals surface area (Å²) in [5, 5.41) is 46.9. The Morgan fingerprint density at radius 1 is 0.643 bits per heavy atom. The fourth-order valence-corrected chi connectivity index (χ4v) is 3.35. The van der Waals surface area contributed by atoms with E-state index in [9.17, 15) is 25.2 Å². The molecule has 0 radical (unpaired) electrons. The molecule has 0 spiro atoms. The first-order valence-corrected chi connectivity index (χ1v) is 11.3. The lowest BCUT2D eigenvalue weighted by molar-refractivity contribution is -0.147. The van der Waals surface area contributed by atoms with Crippen LogP contribution in [0.5, 0.6) is 0 Å². The minimum Gasteiger partial charge on any atom is -0.394 e. The van der Waals surface area contributed by atoms with Gasteiger partial charge >= 0.3 is 0 Å². The third-order valence-corrected chi connectivity index (χ3v) is 5.36. The summed E-state index contributed by atoms with van der Waals surface area (Å²) in [5.74, 6) is -0.546. The van der Waals surface area contributed by atoms with Crippen LogP contribution in [0.3, 0.4) is 0 Å². The van der Waals surface area contributed by atoms with Crippen LogP contribution >= 0.6 is 0 Å². The van der Waals surface area contributed by atoms with Crippen molar-refractivity contribution in [2.75, 3.05) is 6.61 Å². The van der Waals surface area contributed by atoms with Crippen LogP contribution in [0.25, 0.3) is 0 Å². The van der Waals surface area contributed by atoms with Crippen LogP contribution < -0.4 is 0 Å². The Labute approximate surface area is 171 Å². The summed E-state index contributed by atoms with van der Waals surface area (Å²) in [6.07, 6.45) is 10.3. The first-order valence-electron chi connectivity index (χ1n) is 11.3. The molecule has 0 aromatic rings. The van der Waals surface area contributed by atoms with Gasteiger partial charge in [-0.15, -0.1) is 0 Å². The highest BCUT2D eigenvalue weighted by molar-refractivity contribution is 5.83. The smallest absolute Gasteiger partial charge is 0.164 e. The molecule has 0 heterocycles. The van der Waals surface area contributed by atoms with Gasteiger partial charge in [0.2, 0.25) is 0 Å². The molecule has 0 saturated carbocycles. The number of carbonyl (C=O) groups excluding carboxylic acids is 1. The molecule has 0 aromatic carbocycles. The van der Waals surface area contributed by atoms with Crippen LogP contribution in [0.1, 0.15) is 103 Å². The molecular weight excluding hydrogens is 360 g/mol. The van der Waals surface area contributed by atoms with Crippen molar-refractivity contribution < 1.29 is 30.3 Å². The molecule has 0 fully saturated rings. The number of aliphatic hydroxyl groups excluding tert-OH is 5. The van der Waals surface area contributed by atoms with Crippen molar-refractivity contribution in [3.8, 4) is 0 Å². The van der Waals surface area contributed by atoms with Crippen molar-refractivity contribution in [3.63, 3.8) is 0 Å². The number of hydrogen-bond acceptors (Lipinski definition) is 6. The Morgan fingerprint density at radius 2 is 1.04 bits per heavy atom. The van der Waals surface area contributed by atoms with Crippen LogP contribution in [0, 0.1) is 0 Å². The number of ketones is 1. The molecule has 0 aliphatic rings. The van der Waals surface area contributed by atoms with E-state index in [1.807, 2.05) is 0 Å². The Balaban J connectivity index is 3.54. The van der Waals surface area contributed by atoms with Gasteiger partial charge in [-0.2, -0.15) is 0 Å². The summed E-state index contributed by atoms with van der Waals surface area (Å²) in [4.78, 5) is 11.9. The van der Waals surface area contributed by atoms with Crippen molar-refractivity contribution in [1.29, 1.82) is 0 Å². The molecule has 0 amide bonds. The van der Waals surface area contributed by atoms with Crippen molar-refractivity contribution in [2.45, 2.75) is 128 Å². The van der Waals surface area contributed by atoms with Gasteiger partial charge in [-0.1, -0.05) is 90.4 Å². The zero-order valence-corrected chi connectivity index (χ0v) is 17.8. The fourth-order valence-electron chi connectivity index (χ4n) is 3.35. The van der Waals surface area contributed by atoms with Crippen molar-refractivity contribution in [2.24, 2.45) is 0 Å². The van der Waals surface area contributed by atoms with Gasteiger partial charge in [0.05, 0.1) is 6.61 Å². The molecule has 6 nitrogen and oxygen atoms in total. The highest BCUT2D eigenvalue weighted by Gasteiger charge is 2.33. The van der Waals surface area contributed by atoms with E-state index in [1.54, 1.807) is 0 Å². The third-order valence-electron chi connectivity index (χ3n) is 5.36. The number of hydrogen-bond donors (Lipinski definition) is 5. The Bertz CT molecular complexity index is 363. The second-order valence-corrected chi connectivity index (χ2v) is 7.99. The summed E-state index contributed by atoms with van der Waals surface area (Å²) >= 11 is 0. The van der Waals surface area contributed by atoms with Gasteiger partial charge in [0.15, 0.2) is 5.78 Å². The van der Waals surface area contributed by atoms with Gasteiger partial charge in [0, 0.05) is 6.42 Å². The standard InChI is InChI=1S/C22H44O6/c1-2-3-4-5-6-7-8-9-10-11-12-13-14-15-16-18(24)20(26)22(28)21(27)19(25)17-23/h19-23,25-28H,2-17H2,1H3. The summed E-state index contributed by atoms with van der Waals surface area (Å²) < 4.78 is 0. The lowest BCUT2D eigenvalue weighted by atomic mass is 9.97. The molecule has 0 bridgehead atoms. The van der Waals surface area contributed by atoms with Crippen LogP contribution in [-0.4, -0.2) is 62.3 Å². The maximum absolute atomic E-state index is 11.9. The Morgan fingerprint density at radius 3 is 1.43 bits per heavy atom. The van der Waals surface area contributed by atoms with Gasteiger partial charge < -0.3 is 25.5 Å². The molecule has 4 unspecified atom stereocenters. The van der Waals surface area contributed by atoms with Crippen molar-refractivity contribution >= 4 is 5.78 Å². The quantitative estimate of drug-likeness (QED) is 0.199. The monoisotopic (exact) mass is 404 g/mol. The molecule has 0 saturated heterocycles. The van der Waals surface area contributed by atoms with Crippen LogP contribution in [0.2, 0.25) is 0 Å². The van der Waals surface area contributed by atoms with Crippen LogP contribution in [0.15, 0.2) is 0 Å². The average Bonchev–Trinajstić information content (AvgIpc) is 2.71. The first kappa shape index (κ1) is 27.5. The molecule has 0 aromatic heterocycles. The van der Waals surface area contributed by atoms with E-state index in [1.165, 1.54) is 64.2 Å². The van der Waals surface area contributed by atoms with Gasteiger partial charge in [-0.05, 0) is 6.42 Å². The van der Waals surface area contributed by atoms with Gasteiger partial charge in [0.1, 0.15) is 24.4 Å². The van der Waals surface area contributed by atoms with E-state index < -0.39 is 36.8 Å². The van der Waals surface area contributed by atoms with Crippen LogP contribution in [0.4, 0.5) is 0 Å². The SMILES string of the molecule is CCCCCCCCCCCCCCCCC(=O)C(O)C(O)C(O)C(O)CO. The third kappa shape index (κ3) is 13.6. The first-order chi connectivity index (χ1) is 13.5. The minimum absolute atomic E-state index is 0.137. The van der Waals surface area contributed by atoms with Crippen molar-refractivity contribution in [1.82, 2.24) is 0 Å². The Kier molecular flexibility index (Phi) is 18.1. The molecular formula is C22H44O6. The molecule has 0 aliphatic carbocycles. The maximum atomic E-state index is 11.9. The minimum atomic E-state index is -1.79. The highest BCUT2D eigenvalue weighted by atomic mass is 16.4. The zero-order chi connectivity index (χ0) is 21.2.